The average Bonchev–Trinajstić information content (AvgIpc) is 3.27. The number of rotatable bonds is 4. The molecule has 5 aromatic carbocycles. The van der Waals surface area contributed by atoms with Crippen LogP contribution in [-0.2, 0) is 5.41 Å². The van der Waals surface area contributed by atoms with E-state index in [0.29, 0.717) is 16.2 Å². The number of hydrogen-bond donors (Lipinski definition) is 0. The third kappa shape index (κ3) is 3.45. The standard InChI is InChI=1S/C38H25ClO/c1-2-3-16-30-29-17-10-11-18-33(29)38(37(30)39)34-22-20-27(25-12-6-4-7-13-25)23-32(34)36(40)31-21-19-28(24-35(31)38)26-14-8-5-9-15-26/h2-24H,1H2/b16-3-. The number of ketones is 1. The lowest BCUT2D eigenvalue weighted by atomic mass is 9.63. The lowest BCUT2D eigenvalue weighted by Gasteiger charge is -2.39. The molecule has 0 saturated carbocycles. The molecule has 0 aliphatic heterocycles. The van der Waals surface area contributed by atoms with Crippen LogP contribution in [0.2, 0.25) is 0 Å². The molecule has 2 heteroatoms. The minimum absolute atomic E-state index is 0.0186. The summed E-state index contributed by atoms with van der Waals surface area (Å²) in [5.74, 6) is 0.0186. The number of benzene rings is 5. The minimum Gasteiger partial charge on any atom is -0.289 e. The highest BCUT2D eigenvalue weighted by Crippen LogP contribution is 2.60. The highest BCUT2D eigenvalue weighted by molar-refractivity contribution is 6.37. The summed E-state index contributed by atoms with van der Waals surface area (Å²) in [5, 5.41) is 0.694. The topological polar surface area (TPSA) is 17.1 Å². The molecular weight excluding hydrogens is 508 g/mol. The number of carbonyl (C=O) groups excluding carboxylic acids is 1. The third-order valence-electron chi connectivity index (χ3n) is 8.14. The fourth-order valence-corrected chi connectivity index (χ4v) is 6.83. The molecule has 0 N–H and O–H groups in total. The van der Waals surface area contributed by atoms with Gasteiger partial charge in [-0.3, -0.25) is 4.79 Å². The summed E-state index contributed by atoms with van der Waals surface area (Å²) >= 11 is 7.56. The first-order valence-corrected chi connectivity index (χ1v) is 13.8. The van der Waals surface area contributed by atoms with Crippen molar-refractivity contribution in [1.82, 2.24) is 0 Å². The van der Waals surface area contributed by atoms with E-state index in [0.717, 1.165) is 50.1 Å². The van der Waals surface area contributed by atoms with Crippen molar-refractivity contribution in [3.63, 3.8) is 0 Å². The Kier molecular flexibility index (Phi) is 5.77. The quantitative estimate of drug-likeness (QED) is 0.210. The summed E-state index contributed by atoms with van der Waals surface area (Å²) in [6, 6.07) is 41.2. The molecule has 1 spiro atoms. The Hall–Kier alpha value is -4.72. The van der Waals surface area contributed by atoms with Crippen molar-refractivity contribution in [2.45, 2.75) is 5.41 Å². The van der Waals surface area contributed by atoms with Crippen LogP contribution in [-0.4, -0.2) is 5.78 Å². The van der Waals surface area contributed by atoms with Gasteiger partial charge in [-0.2, -0.15) is 0 Å². The van der Waals surface area contributed by atoms with E-state index in [1.54, 1.807) is 6.08 Å². The van der Waals surface area contributed by atoms with E-state index in [1.165, 1.54) is 0 Å². The smallest absolute Gasteiger partial charge is 0.193 e. The van der Waals surface area contributed by atoms with Crippen LogP contribution in [0.1, 0.15) is 38.2 Å². The van der Waals surface area contributed by atoms with Gasteiger partial charge in [-0.15, -0.1) is 0 Å². The zero-order chi connectivity index (χ0) is 27.3. The lowest BCUT2D eigenvalue weighted by molar-refractivity contribution is 0.103. The van der Waals surface area contributed by atoms with Gasteiger partial charge < -0.3 is 0 Å². The summed E-state index contributed by atoms with van der Waals surface area (Å²) in [7, 11) is 0. The molecule has 2 aliphatic carbocycles. The average molecular weight is 533 g/mol. The van der Waals surface area contributed by atoms with Crippen LogP contribution in [0.15, 0.2) is 151 Å². The van der Waals surface area contributed by atoms with Crippen molar-refractivity contribution in [2.24, 2.45) is 0 Å². The first-order valence-electron chi connectivity index (χ1n) is 13.4. The Bertz CT molecular complexity index is 1880. The molecule has 0 aromatic heterocycles. The molecule has 1 unspecified atom stereocenters. The summed E-state index contributed by atoms with van der Waals surface area (Å²) in [5.41, 5.74) is 9.67. The van der Waals surface area contributed by atoms with Gasteiger partial charge in [0.25, 0.3) is 0 Å². The van der Waals surface area contributed by atoms with Gasteiger partial charge in [0.15, 0.2) is 5.78 Å². The Morgan fingerprint density at radius 1 is 0.575 bits per heavy atom. The lowest BCUT2D eigenvalue weighted by Crippen LogP contribution is -2.36. The van der Waals surface area contributed by atoms with Gasteiger partial charge in [-0.1, -0.05) is 146 Å². The van der Waals surface area contributed by atoms with Crippen LogP contribution < -0.4 is 0 Å². The Morgan fingerprint density at radius 2 is 1.18 bits per heavy atom. The maximum absolute atomic E-state index is 14.3. The normalized spacial score (nSPS) is 17.2. The van der Waals surface area contributed by atoms with Crippen molar-refractivity contribution < 1.29 is 4.79 Å². The molecule has 2 aliphatic rings. The van der Waals surface area contributed by atoms with Gasteiger partial charge in [0, 0.05) is 16.2 Å². The molecular formula is C38H25ClO. The number of halogens is 1. The van der Waals surface area contributed by atoms with E-state index in [-0.39, 0.29) is 5.78 Å². The van der Waals surface area contributed by atoms with Gasteiger partial charge in [-0.25, -0.2) is 0 Å². The molecule has 0 radical (unpaired) electrons. The van der Waals surface area contributed by atoms with E-state index in [4.69, 9.17) is 11.6 Å². The van der Waals surface area contributed by atoms with Crippen LogP contribution in [0.4, 0.5) is 0 Å². The van der Waals surface area contributed by atoms with Crippen LogP contribution in [0.25, 0.3) is 27.8 Å². The molecule has 0 amide bonds. The van der Waals surface area contributed by atoms with Gasteiger partial charge in [0.2, 0.25) is 0 Å². The van der Waals surface area contributed by atoms with Crippen molar-refractivity contribution in [2.75, 3.05) is 0 Å². The molecule has 0 heterocycles. The van der Waals surface area contributed by atoms with Gasteiger partial charge in [-0.05, 0) is 62.2 Å². The van der Waals surface area contributed by atoms with E-state index < -0.39 is 5.41 Å². The third-order valence-corrected chi connectivity index (χ3v) is 8.62. The molecule has 0 saturated heterocycles. The zero-order valence-corrected chi connectivity index (χ0v) is 22.5. The Balaban J connectivity index is 1.59. The van der Waals surface area contributed by atoms with Crippen molar-refractivity contribution in [3.05, 3.63) is 185 Å². The highest BCUT2D eigenvalue weighted by atomic mass is 35.5. The second kappa shape index (κ2) is 9.48. The fourth-order valence-electron chi connectivity index (χ4n) is 6.36. The maximum atomic E-state index is 14.3. The number of allylic oxidation sites excluding steroid dienone is 5. The van der Waals surface area contributed by atoms with Crippen LogP contribution >= 0.6 is 11.6 Å². The van der Waals surface area contributed by atoms with Crippen LogP contribution in [0.3, 0.4) is 0 Å². The van der Waals surface area contributed by atoms with Crippen molar-refractivity contribution in [3.8, 4) is 22.3 Å². The molecule has 7 rings (SSSR count). The number of fused-ring (bicyclic) bond motifs is 6. The van der Waals surface area contributed by atoms with Crippen molar-refractivity contribution >= 4 is 23.0 Å². The van der Waals surface area contributed by atoms with E-state index in [9.17, 15) is 4.79 Å². The van der Waals surface area contributed by atoms with E-state index >= 15 is 0 Å². The maximum Gasteiger partial charge on any atom is 0.193 e. The number of carbonyl (C=O) groups is 1. The molecule has 40 heavy (non-hydrogen) atoms. The van der Waals surface area contributed by atoms with E-state index in [2.05, 4.69) is 67.2 Å². The SMILES string of the molecule is C=C/C=C\C1=C(Cl)C2(c3ccc(-c4ccccc4)cc3C(=O)c3ccc(-c4ccccc4)cc32)c2ccccc21. The Labute approximate surface area is 239 Å². The number of hydrogen-bond acceptors (Lipinski definition) is 1. The minimum atomic E-state index is -0.822. The van der Waals surface area contributed by atoms with Crippen LogP contribution in [0.5, 0.6) is 0 Å². The molecule has 190 valence electrons. The Morgan fingerprint density at radius 3 is 1.88 bits per heavy atom. The molecule has 1 atom stereocenters. The largest absolute Gasteiger partial charge is 0.289 e. The van der Waals surface area contributed by atoms with Gasteiger partial charge in [0.05, 0.1) is 5.41 Å². The molecule has 0 bridgehead atoms. The first kappa shape index (κ1) is 24.3. The summed E-state index contributed by atoms with van der Waals surface area (Å²) in [6.45, 7) is 3.88. The van der Waals surface area contributed by atoms with Crippen LogP contribution in [0, 0.1) is 0 Å². The van der Waals surface area contributed by atoms with E-state index in [1.807, 2.05) is 72.8 Å². The molecule has 1 nitrogen and oxygen atoms in total. The fraction of sp³-hybridized carbons (Fsp3) is 0.0263. The molecule has 5 aromatic rings. The summed E-state index contributed by atoms with van der Waals surface area (Å²) in [4.78, 5) is 14.3. The summed E-state index contributed by atoms with van der Waals surface area (Å²) in [6.07, 6.45) is 5.71. The second-order valence-electron chi connectivity index (χ2n) is 10.2. The predicted octanol–water partition coefficient (Wildman–Crippen LogP) is 9.61. The highest BCUT2D eigenvalue weighted by Gasteiger charge is 2.52. The zero-order valence-electron chi connectivity index (χ0n) is 21.8. The predicted molar refractivity (Wildman–Crippen MR) is 166 cm³/mol. The monoisotopic (exact) mass is 532 g/mol. The van der Waals surface area contributed by atoms with Gasteiger partial charge in [0.1, 0.15) is 0 Å². The summed E-state index contributed by atoms with van der Waals surface area (Å²) < 4.78 is 0. The first-order chi connectivity index (χ1) is 19.6. The van der Waals surface area contributed by atoms with Gasteiger partial charge >= 0.3 is 0 Å². The molecule has 0 fully saturated rings. The second-order valence-corrected chi connectivity index (χ2v) is 10.6. The van der Waals surface area contributed by atoms with Crippen molar-refractivity contribution in [1.29, 1.82) is 0 Å².